The fraction of sp³-hybridized carbons (Fsp3) is 0.750. The lowest BCUT2D eigenvalue weighted by molar-refractivity contribution is -0.174. The topological polar surface area (TPSA) is 86.2 Å². The maximum absolute atomic E-state index is 12.7. The van der Waals surface area contributed by atoms with E-state index in [4.69, 9.17) is 4.98 Å². The first kappa shape index (κ1) is 25.6. The van der Waals surface area contributed by atoms with Gasteiger partial charge in [-0.2, -0.15) is 0 Å². The molecule has 5 heteroatoms. The Morgan fingerprint density at radius 2 is 1.89 bits per heavy atom. The maximum Gasteiger partial charge on any atom is 0.258 e. The summed E-state index contributed by atoms with van der Waals surface area (Å²) in [5.41, 5.74) is 2.05. The van der Waals surface area contributed by atoms with Crippen LogP contribution in [0.4, 0.5) is 0 Å². The molecule has 0 aliphatic heterocycles. The van der Waals surface area contributed by atoms with E-state index in [9.17, 15) is 15.0 Å². The van der Waals surface area contributed by atoms with Gasteiger partial charge in [-0.25, -0.2) is 4.98 Å². The van der Waals surface area contributed by atoms with Crippen molar-refractivity contribution in [3.63, 3.8) is 0 Å². The van der Waals surface area contributed by atoms with E-state index in [0.29, 0.717) is 40.9 Å². The molecule has 6 rings (SSSR count). The van der Waals surface area contributed by atoms with Gasteiger partial charge in [-0.1, -0.05) is 32.4 Å². The van der Waals surface area contributed by atoms with Gasteiger partial charge in [0, 0.05) is 6.42 Å². The minimum atomic E-state index is -0.252. The van der Waals surface area contributed by atoms with Gasteiger partial charge in [0.1, 0.15) is 5.82 Å². The van der Waals surface area contributed by atoms with Crippen LogP contribution in [0.1, 0.15) is 89.9 Å². The fourth-order valence-corrected chi connectivity index (χ4v) is 10.1. The Labute approximate surface area is 221 Å². The molecule has 202 valence electrons. The van der Waals surface area contributed by atoms with Gasteiger partial charge in [-0.15, -0.1) is 0 Å². The van der Waals surface area contributed by atoms with E-state index < -0.39 is 0 Å². The Morgan fingerprint density at radius 3 is 2.70 bits per heavy atom. The third-order valence-corrected chi connectivity index (χ3v) is 12.2. The van der Waals surface area contributed by atoms with Gasteiger partial charge >= 0.3 is 0 Å². The average molecular weight is 507 g/mol. The summed E-state index contributed by atoms with van der Waals surface area (Å²) in [4.78, 5) is 20.5. The predicted molar refractivity (Wildman–Crippen MR) is 147 cm³/mol. The molecule has 0 amide bonds. The summed E-state index contributed by atoms with van der Waals surface area (Å²) in [6.07, 6.45) is 10.3. The Bertz CT molecular complexity index is 1220. The molecule has 0 spiro atoms. The Morgan fingerprint density at radius 1 is 1.08 bits per heavy atom. The lowest BCUT2D eigenvalue weighted by Gasteiger charge is -2.62. The van der Waals surface area contributed by atoms with Crippen molar-refractivity contribution in [2.24, 2.45) is 46.3 Å². The zero-order valence-corrected chi connectivity index (χ0v) is 23.2. The first-order valence-corrected chi connectivity index (χ1v) is 15.0. The number of hydrogen-bond donors (Lipinski definition) is 3. The van der Waals surface area contributed by atoms with Crippen LogP contribution >= 0.6 is 0 Å². The quantitative estimate of drug-likeness (QED) is 0.490. The zero-order valence-electron chi connectivity index (χ0n) is 23.2. The van der Waals surface area contributed by atoms with Crippen LogP contribution < -0.4 is 5.56 Å². The molecular weight excluding hydrogens is 460 g/mol. The second kappa shape index (κ2) is 9.19. The first-order valence-electron chi connectivity index (χ1n) is 15.0. The highest BCUT2D eigenvalue weighted by Gasteiger charge is 2.63. The molecule has 4 aliphatic rings. The van der Waals surface area contributed by atoms with Gasteiger partial charge in [0.05, 0.1) is 23.1 Å². The smallest absolute Gasteiger partial charge is 0.258 e. The van der Waals surface area contributed by atoms with Crippen LogP contribution in [0.2, 0.25) is 0 Å². The largest absolute Gasteiger partial charge is 0.393 e. The molecule has 1 heterocycles. The van der Waals surface area contributed by atoms with Crippen LogP contribution in [0, 0.1) is 53.3 Å². The van der Waals surface area contributed by atoms with E-state index in [2.05, 4.69) is 25.8 Å². The number of benzene rings is 1. The van der Waals surface area contributed by atoms with Crippen molar-refractivity contribution in [3.8, 4) is 0 Å². The van der Waals surface area contributed by atoms with Crippen molar-refractivity contribution in [2.75, 3.05) is 0 Å². The number of rotatable bonds is 4. The SMILES string of the molecule is Cc1ccc2nc(CC[C@@H](C)[C@H]3CC[C@H]4[C@@H]5CC[C@@H]6C[C@H](O)CC[C@]6(C)C5C[C@H](O)[C@]34C)[nH]c(=O)c2c1. The fourth-order valence-electron chi connectivity index (χ4n) is 10.1. The van der Waals surface area contributed by atoms with Crippen LogP contribution in [0.5, 0.6) is 0 Å². The van der Waals surface area contributed by atoms with E-state index in [1.165, 1.54) is 25.7 Å². The van der Waals surface area contributed by atoms with Crippen LogP contribution in [-0.4, -0.2) is 32.4 Å². The molecule has 1 aromatic heterocycles. The van der Waals surface area contributed by atoms with Gasteiger partial charge in [0.25, 0.3) is 5.56 Å². The molecule has 1 aromatic carbocycles. The summed E-state index contributed by atoms with van der Waals surface area (Å²) < 4.78 is 0. The standard InChI is InChI=1S/C32H46N2O3/c1-18-5-11-27-23(15-18)30(37)34-29(33-27)12-6-19(2)24-9-10-25-22-8-7-20-16-21(35)13-14-31(20,3)26(22)17-28(36)32(24,25)4/h5,11,15,19-22,24-26,28,35-36H,6-10,12-14,16-17H2,1-4H3,(H,33,34,37)/t19-,20-,21-,22+,24-,25+,26?,28+,31+,32-/m1/s1. The van der Waals surface area contributed by atoms with Crippen molar-refractivity contribution in [1.29, 1.82) is 0 Å². The third kappa shape index (κ3) is 4.02. The molecule has 0 radical (unpaired) electrons. The number of aliphatic hydroxyl groups excluding tert-OH is 2. The number of nitrogens with zero attached hydrogens (tertiary/aromatic N) is 1. The first-order chi connectivity index (χ1) is 17.6. The number of nitrogens with one attached hydrogen (secondary N) is 1. The molecule has 3 N–H and O–H groups in total. The molecule has 10 atom stereocenters. The van der Waals surface area contributed by atoms with Gasteiger partial charge in [-0.05, 0) is 123 Å². The lowest BCUT2D eigenvalue weighted by atomic mass is 9.43. The van der Waals surface area contributed by atoms with E-state index in [1.807, 2.05) is 25.1 Å². The second-order valence-corrected chi connectivity index (χ2v) is 13.9. The number of aromatic nitrogens is 2. The van der Waals surface area contributed by atoms with E-state index in [0.717, 1.165) is 55.4 Å². The molecule has 2 aromatic rings. The monoisotopic (exact) mass is 506 g/mol. The van der Waals surface area contributed by atoms with Crippen molar-refractivity contribution in [3.05, 3.63) is 39.9 Å². The number of aryl methyl sites for hydroxylation is 2. The highest BCUT2D eigenvalue weighted by atomic mass is 16.3. The Balaban J connectivity index is 1.19. The molecule has 4 aliphatic carbocycles. The molecule has 4 fully saturated rings. The van der Waals surface area contributed by atoms with Crippen molar-refractivity contribution in [1.82, 2.24) is 9.97 Å². The summed E-state index contributed by atoms with van der Waals surface area (Å²) in [5, 5.41) is 22.8. The van der Waals surface area contributed by atoms with Gasteiger partial charge < -0.3 is 15.2 Å². The zero-order chi connectivity index (χ0) is 26.1. The molecule has 0 saturated heterocycles. The summed E-state index contributed by atoms with van der Waals surface area (Å²) >= 11 is 0. The van der Waals surface area contributed by atoms with Crippen LogP contribution in [-0.2, 0) is 6.42 Å². The summed E-state index contributed by atoms with van der Waals surface area (Å²) in [6.45, 7) is 9.26. The minimum Gasteiger partial charge on any atom is -0.393 e. The summed E-state index contributed by atoms with van der Waals surface area (Å²) in [5.74, 6) is 4.27. The Kier molecular flexibility index (Phi) is 6.35. The molecule has 0 bridgehead atoms. The second-order valence-electron chi connectivity index (χ2n) is 13.9. The van der Waals surface area contributed by atoms with Crippen LogP contribution in [0.3, 0.4) is 0 Å². The lowest BCUT2D eigenvalue weighted by Crippen LogP contribution is -2.58. The van der Waals surface area contributed by atoms with E-state index >= 15 is 0 Å². The summed E-state index contributed by atoms with van der Waals surface area (Å²) in [7, 11) is 0. The molecule has 37 heavy (non-hydrogen) atoms. The molecule has 4 saturated carbocycles. The van der Waals surface area contributed by atoms with Gasteiger partial charge in [0.15, 0.2) is 0 Å². The van der Waals surface area contributed by atoms with Gasteiger partial charge in [0.2, 0.25) is 0 Å². The van der Waals surface area contributed by atoms with Crippen molar-refractivity contribution >= 4 is 10.9 Å². The maximum atomic E-state index is 12.7. The van der Waals surface area contributed by atoms with Gasteiger partial charge in [-0.3, -0.25) is 4.79 Å². The number of hydrogen-bond acceptors (Lipinski definition) is 4. The van der Waals surface area contributed by atoms with Crippen molar-refractivity contribution < 1.29 is 10.2 Å². The highest BCUT2D eigenvalue weighted by Crippen LogP contribution is 2.68. The third-order valence-electron chi connectivity index (χ3n) is 12.2. The molecule has 5 nitrogen and oxygen atoms in total. The van der Waals surface area contributed by atoms with Crippen LogP contribution in [0.25, 0.3) is 10.9 Å². The average Bonchev–Trinajstić information content (AvgIpc) is 3.23. The predicted octanol–water partition coefficient (Wildman–Crippen LogP) is 5.79. The number of aromatic amines is 1. The Hall–Kier alpha value is -1.72. The highest BCUT2D eigenvalue weighted by molar-refractivity contribution is 5.78. The van der Waals surface area contributed by atoms with Crippen molar-refractivity contribution in [2.45, 2.75) is 104 Å². The van der Waals surface area contributed by atoms with E-state index in [1.54, 1.807) is 0 Å². The number of fused-ring (bicyclic) bond motifs is 6. The van der Waals surface area contributed by atoms with Crippen LogP contribution in [0.15, 0.2) is 23.0 Å². The number of aliphatic hydroxyl groups is 2. The molecule has 1 unspecified atom stereocenters. The normalized spacial score (nSPS) is 42.2. The van der Waals surface area contributed by atoms with E-state index in [-0.39, 0.29) is 28.6 Å². The molecular formula is C32H46N2O3. The minimum absolute atomic E-state index is 0.0281. The summed E-state index contributed by atoms with van der Waals surface area (Å²) in [6, 6.07) is 5.88. The number of H-pyrrole nitrogens is 1.